The lowest BCUT2D eigenvalue weighted by Gasteiger charge is -1.97. The van der Waals surface area contributed by atoms with E-state index in [4.69, 9.17) is 5.11 Å². The number of halogens is 1. The number of phenolic OH excluding ortho intramolecular Hbond substituents is 1. The Balaban J connectivity index is 3.04. The molecule has 1 nitrogen and oxygen atoms in total. The lowest BCUT2D eigenvalue weighted by atomic mass is 10.2. The van der Waals surface area contributed by atoms with E-state index in [0.29, 0.717) is 0 Å². The molecule has 0 heterocycles. The molecule has 1 aromatic carbocycles. The van der Waals surface area contributed by atoms with E-state index in [2.05, 4.69) is 0 Å². The summed E-state index contributed by atoms with van der Waals surface area (Å²) in [6, 6.07) is 4.42. The van der Waals surface area contributed by atoms with Crippen molar-refractivity contribution in [1.82, 2.24) is 0 Å². The maximum atomic E-state index is 12.5. The van der Waals surface area contributed by atoms with E-state index >= 15 is 0 Å². The lowest BCUT2D eigenvalue weighted by Crippen LogP contribution is -1.81. The van der Waals surface area contributed by atoms with Crippen LogP contribution in [0.5, 0.6) is 5.75 Å². The number of aromatic hydroxyl groups is 1. The first-order chi connectivity index (χ1) is 4.74. The fourth-order valence-electron chi connectivity index (χ4n) is 0.770. The maximum Gasteiger partial charge on any atom is 0.165 e. The summed E-state index contributed by atoms with van der Waals surface area (Å²) in [6.45, 7) is 1.94. The van der Waals surface area contributed by atoms with Crippen LogP contribution < -0.4 is 0 Å². The molecule has 10 heavy (non-hydrogen) atoms. The van der Waals surface area contributed by atoms with Crippen LogP contribution in [0.25, 0.3) is 0 Å². The summed E-state index contributed by atoms with van der Waals surface area (Å²) in [5, 5.41) is 8.76. The zero-order valence-corrected chi connectivity index (χ0v) is 5.76. The summed E-state index contributed by atoms with van der Waals surface area (Å²) >= 11 is 0. The molecule has 0 unspecified atom stereocenters. The van der Waals surface area contributed by atoms with Crippen molar-refractivity contribution in [3.05, 3.63) is 29.6 Å². The molecule has 2 heteroatoms. The highest BCUT2D eigenvalue weighted by atomic mass is 19.1. The second kappa shape index (κ2) is 2.69. The molecule has 0 atom stereocenters. The van der Waals surface area contributed by atoms with Crippen LogP contribution in [0.1, 0.15) is 12.5 Å². The van der Waals surface area contributed by atoms with Crippen LogP contribution >= 0.6 is 0 Å². The first-order valence-electron chi connectivity index (χ1n) is 3.21. The van der Waals surface area contributed by atoms with Gasteiger partial charge in [-0.05, 0) is 24.1 Å². The van der Waals surface area contributed by atoms with E-state index in [-0.39, 0.29) is 5.75 Å². The van der Waals surface area contributed by atoms with Crippen LogP contribution in [0.3, 0.4) is 0 Å². The average Bonchev–Trinajstić information content (AvgIpc) is 1.95. The third-order valence-electron chi connectivity index (χ3n) is 1.42. The highest BCUT2D eigenvalue weighted by Gasteiger charge is 1.98. The molecule has 0 bridgehead atoms. The third kappa shape index (κ3) is 1.26. The molecule has 54 valence electrons. The molecule has 0 fully saturated rings. The Morgan fingerprint density at radius 1 is 1.50 bits per heavy atom. The molecule has 0 aliphatic rings. The molecular weight excluding hydrogens is 131 g/mol. The molecule has 0 spiro atoms. The van der Waals surface area contributed by atoms with E-state index < -0.39 is 5.82 Å². The van der Waals surface area contributed by atoms with Crippen LogP contribution in [-0.2, 0) is 6.42 Å². The quantitative estimate of drug-likeness (QED) is 0.633. The van der Waals surface area contributed by atoms with Crippen LogP contribution in [0.15, 0.2) is 18.2 Å². The number of aryl methyl sites for hydroxylation is 1. The number of hydrogen-bond acceptors (Lipinski definition) is 1. The molecular formula is C8H9FO. The first kappa shape index (κ1) is 7.06. The Kier molecular flexibility index (Phi) is 1.90. The molecule has 1 aromatic rings. The van der Waals surface area contributed by atoms with Crippen molar-refractivity contribution in [2.45, 2.75) is 13.3 Å². The molecule has 0 saturated carbocycles. The van der Waals surface area contributed by atoms with Crippen molar-refractivity contribution in [2.24, 2.45) is 0 Å². The van der Waals surface area contributed by atoms with E-state index in [1.54, 1.807) is 6.07 Å². The van der Waals surface area contributed by atoms with Gasteiger partial charge < -0.3 is 5.11 Å². The number of phenols is 1. The van der Waals surface area contributed by atoms with Crippen LogP contribution in [0.4, 0.5) is 4.39 Å². The van der Waals surface area contributed by atoms with Gasteiger partial charge in [-0.1, -0.05) is 13.0 Å². The highest BCUT2D eigenvalue weighted by Crippen LogP contribution is 2.15. The second-order valence-electron chi connectivity index (χ2n) is 2.14. The van der Waals surface area contributed by atoms with Crippen molar-refractivity contribution in [3.63, 3.8) is 0 Å². The zero-order chi connectivity index (χ0) is 7.56. The second-order valence-corrected chi connectivity index (χ2v) is 2.14. The lowest BCUT2D eigenvalue weighted by molar-refractivity contribution is 0.432. The van der Waals surface area contributed by atoms with Gasteiger partial charge in [0, 0.05) is 0 Å². The molecule has 0 radical (unpaired) electrons. The standard InChI is InChI=1S/C8H9FO/c1-2-6-3-4-8(10)7(9)5-6/h3-5,10H,2H2,1H3. The van der Waals surface area contributed by atoms with Crippen molar-refractivity contribution < 1.29 is 9.50 Å². The number of hydrogen-bond donors (Lipinski definition) is 1. The molecule has 0 aliphatic carbocycles. The van der Waals surface area contributed by atoms with Crippen molar-refractivity contribution in [3.8, 4) is 5.75 Å². The third-order valence-corrected chi connectivity index (χ3v) is 1.42. The van der Waals surface area contributed by atoms with Crippen LogP contribution in [0.2, 0.25) is 0 Å². The Morgan fingerprint density at radius 2 is 2.20 bits per heavy atom. The molecule has 0 aromatic heterocycles. The SMILES string of the molecule is CCc1ccc(O)c(F)c1. The fourth-order valence-corrected chi connectivity index (χ4v) is 0.770. The Hall–Kier alpha value is -1.05. The van der Waals surface area contributed by atoms with E-state index in [1.165, 1.54) is 12.1 Å². The van der Waals surface area contributed by atoms with Gasteiger partial charge in [0.25, 0.3) is 0 Å². The Bertz CT molecular complexity index is 233. The zero-order valence-electron chi connectivity index (χ0n) is 5.76. The van der Waals surface area contributed by atoms with Crippen molar-refractivity contribution >= 4 is 0 Å². The molecule has 0 amide bonds. The van der Waals surface area contributed by atoms with Crippen LogP contribution in [0, 0.1) is 5.82 Å². The minimum Gasteiger partial charge on any atom is -0.505 e. The van der Waals surface area contributed by atoms with Gasteiger partial charge in [0.2, 0.25) is 0 Å². The predicted molar refractivity (Wildman–Crippen MR) is 37.4 cm³/mol. The average molecular weight is 140 g/mol. The number of rotatable bonds is 1. The van der Waals surface area contributed by atoms with E-state index in [9.17, 15) is 4.39 Å². The first-order valence-corrected chi connectivity index (χ1v) is 3.21. The van der Waals surface area contributed by atoms with E-state index in [1.807, 2.05) is 6.92 Å². The van der Waals surface area contributed by atoms with E-state index in [0.717, 1.165) is 12.0 Å². The minimum atomic E-state index is -0.542. The summed E-state index contributed by atoms with van der Waals surface area (Å²) in [5.41, 5.74) is 0.898. The summed E-state index contributed by atoms with van der Waals surface area (Å²) in [5.74, 6) is -0.823. The predicted octanol–water partition coefficient (Wildman–Crippen LogP) is 2.09. The number of benzene rings is 1. The van der Waals surface area contributed by atoms with Crippen molar-refractivity contribution in [1.29, 1.82) is 0 Å². The van der Waals surface area contributed by atoms with Crippen molar-refractivity contribution in [2.75, 3.05) is 0 Å². The Labute approximate surface area is 59.1 Å². The van der Waals surface area contributed by atoms with Gasteiger partial charge in [-0.15, -0.1) is 0 Å². The monoisotopic (exact) mass is 140 g/mol. The molecule has 1 rings (SSSR count). The molecule has 0 aliphatic heterocycles. The maximum absolute atomic E-state index is 12.5. The van der Waals surface area contributed by atoms with Gasteiger partial charge >= 0.3 is 0 Å². The minimum absolute atomic E-state index is 0.280. The molecule has 0 saturated heterocycles. The summed E-state index contributed by atoms with van der Waals surface area (Å²) in [7, 11) is 0. The Morgan fingerprint density at radius 3 is 2.70 bits per heavy atom. The van der Waals surface area contributed by atoms with Gasteiger partial charge in [-0.2, -0.15) is 0 Å². The summed E-state index contributed by atoms with van der Waals surface area (Å²) in [4.78, 5) is 0. The van der Waals surface area contributed by atoms with Gasteiger partial charge in [0.05, 0.1) is 0 Å². The van der Waals surface area contributed by atoms with Gasteiger partial charge in [0.15, 0.2) is 11.6 Å². The van der Waals surface area contributed by atoms with Gasteiger partial charge in [-0.3, -0.25) is 0 Å². The largest absolute Gasteiger partial charge is 0.505 e. The topological polar surface area (TPSA) is 20.2 Å². The van der Waals surface area contributed by atoms with Crippen LogP contribution in [-0.4, -0.2) is 5.11 Å². The summed E-state index contributed by atoms with van der Waals surface area (Å²) in [6.07, 6.45) is 0.789. The van der Waals surface area contributed by atoms with Gasteiger partial charge in [0.1, 0.15) is 0 Å². The normalized spacial score (nSPS) is 9.80. The highest BCUT2D eigenvalue weighted by molar-refractivity contribution is 5.27. The molecule has 1 N–H and O–H groups in total. The smallest absolute Gasteiger partial charge is 0.165 e. The van der Waals surface area contributed by atoms with Gasteiger partial charge in [-0.25, -0.2) is 4.39 Å². The fraction of sp³-hybridized carbons (Fsp3) is 0.250. The summed E-state index contributed by atoms with van der Waals surface area (Å²) < 4.78 is 12.5.